The molecule has 3 N–H and O–H groups in total. The molecule has 0 saturated carbocycles. The Labute approximate surface area is 118 Å². The Balaban J connectivity index is 0.00000162. The van der Waals surface area contributed by atoms with Crippen molar-refractivity contribution < 1.29 is 4.79 Å². The molecule has 0 spiro atoms. The number of likely N-dealkylation sites (tertiary alicyclic amines) is 1. The zero-order chi connectivity index (χ0) is 12.3. The molecule has 1 aromatic rings. The fourth-order valence-electron chi connectivity index (χ4n) is 1.96. The van der Waals surface area contributed by atoms with E-state index in [2.05, 4.69) is 10.2 Å². The van der Waals surface area contributed by atoms with Crippen molar-refractivity contribution in [3.63, 3.8) is 0 Å². The van der Waals surface area contributed by atoms with Crippen LogP contribution < -0.4 is 11.1 Å². The highest BCUT2D eigenvalue weighted by molar-refractivity contribution is 6.33. The fraction of sp³-hybridized carbons (Fsp3) is 0.417. The average molecular weight is 290 g/mol. The van der Waals surface area contributed by atoms with Gasteiger partial charge in [-0.05, 0) is 18.6 Å². The van der Waals surface area contributed by atoms with Crippen LogP contribution in [0.25, 0.3) is 0 Å². The van der Waals surface area contributed by atoms with Gasteiger partial charge in [-0.3, -0.25) is 9.69 Å². The number of para-hydroxylation sites is 1. The van der Waals surface area contributed by atoms with Gasteiger partial charge in [0.25, 0.3) is 0 Å². The summed E-state index contributed by atoms with van der Waals surface area (Å²) < 4.78 is 0. The van der Waals surface area contributed by atoms with E-state index in [4.69, 9.17) is 17.3 Å². The van der Waals surface area contributed by atoms with Gasteiger partial charge in [0.15, 0.2) is 0 Å². The van der Waals surface area contributed by atoms with Crippen LogP contribution in [-0.2, 0) is 4.79 Å². The first-order valence-corrected chi connectivity index (χ1v) is 6.05. The molecule has 0 aromatic heterocycles. The number of nitrogens with two attached hydrogens (primary N) is 1. The predicted molar refractivity (Wildman–Crippen MR) is 76.4 cm³/mol. The molecule has 2 rings (SSSR count). The first-order chi connectivity index (χ1) is 8.15. The highest BCUT2D eigenvalue weighted by Gasteiger charge is 2.21. The first-order valence-electron chi connectivity index (χ1n) is 5.67. The maximum atomic E-state index is 11.8. The molecule has 1 aliphatic rings. The van der Waals surface area contributed by atoms with Gasteiger partial charge in [0.05, 0.1) is 17.3 Å². The summed E-state index contributed by atoms with van der Waals surface area (Å²) in [5.74, 6) is -0.0489. The second-order valence-electron chi connectivity index (χ2n) is 4.31. The molecule has 0 unspecified atom stereocenters. The molecule has 0 bridgehead atoms. The normalized spacial score (nSPS) is 19.3. The van der Waals surface area contributed by atoms with Gasteiger partial charge in [0.1, 0.15) is 0 Å². The molecule has 0 radical (unpaired) electrons. The third kappa shape index (κ3) is 4.14. The zero-order valence-corrected chi connectivity index (χ0v) is 11.5. The predicted octanol–water partition coefficient (Wildman–Crippen LogP) is 1.73. The summed E-state index contributed by atoms with van der Waals surface area (Å²) in [4.78, 5) is 13.8. The molecule has 18 heavy (non-hydrogen) atoms. The van der Waals surface area contributed by atoms with E-state index >= 15 is 0 Å². The van der Waals surface area contributed by atoms with Crippen molar-refractivity contribution in [1.82, 2.24) is 4.90 Å². The lowest BCUT2D eigenvalue weighted by molar-refractivity contribution is -0.117. The Hall–Kier alpha value is -0.810. The Kier molecular flexibility index (Phi) is 5.88. The molecule has 1 aliphatic heterocycles. The molecule has 100 valence electrons. The summed E-state index contributed by atoms with van der Waals surface area (Å²) in [6.07, 6.45) is 0.958. The minimum Gasteiger partial charge on any atom is -0.326 e. The minimum atomic E-state index is -0.0489. The van der Waals surface area contributed by atoms with Crippen molar-refractivity contribution in [2.75, 3.05) is 25.0 Å². The van der Waals surface area contributed by atoms with Crippen molar-refractivity contribution >= 4 is 35.6 Å². The summed E-state index contributed by atoms with van der Waals surface area (Å²) in [6.45, 7) is 2.05. The summed E-state index contributed by atoms with van der Waals surface area (Å²) in [5, 5.41) is 3.35. The third-order valence-electron chi connectivity index (χ3n) is 2.82. The number of anilines is 1. The van der Waals surface area contributed by atoms with Gasteiger partial charge in [-0.2, -0.15) is 0 Å². The van der Waals surface area contributed by atoms with E-state index < -0.39 is 0 Å². The molecule has 1 heterocycles. The maximum absolute atomic E-state index is 11.8. The van der Waals surface area contributed by atoms with E-state index in [0.29, 0.717) is 17.3 Å². The molecular weight excluding hydrogens is 273 g/mol. The molecule has 1 aromatic carbocycles. The SMILES string of the molecule is Cl.N[C@@H]1CCN(CC(=O)Nc2ccccc2Cl)C1. The number of halogens is 2. The standard InChI is InChI=1S/C12H16ClN3O.ClH/c13-10-3-1-2-4-11(10)15-12(17)8-16-6-5-9(14)7-16;/h1-4,9H,5-8,14H2,(H,15,17);1H/t9-;/m1./s1. The number of benzene rings is 1. The Morgan fingerprint density at radius 2 is 2.22 bits per heavy atom. The number of nitrogens with one attached hydrogen (secondary N) is 1. The van der Waals surface area contributed by atoms with Crippen LogP contribution >= 0.6 is 24.0 Å². The first kappa shape index (κ1) is 15.2. The number of nitrogens with zero attached hydrogens (tertiary/aromatic N) is 1. The summed E-state index contributed by atoms with van der Waals surface area (Å²) in [7, 11) is 0. The summed E-state index contributed by atoms with van der Waals surface area (Å²) in [6, 6.07) is 7.41. The summed E-state index contributed by atoms with van der Waals surface area (Å²) >= 11 is 5.96. The van der Waals surface area contributed by atoms with Crippen molar-refractivity contribution in [3.05, 3.63) is 29.3 Å². The van der Waals surface area contributed by atoms with Crippen LogP contribution in [0.15, 0.2) is 24.3 Å². The number of hydrogen-bond acceptors (Lipinski definition) is 3. The van der Waals surface area contributed by atoms with Gasteiger partial charge >= 0.3 is 0 Å². The second-order valence-corrected chi connectivity index (χ2v) is 4.72. The molecule has 1 atom stereocenters. The van der Waals surface area contributed by atoms with Crippen LogP contribution in [0.2, 0.25) is 5.02 Å². The van der Waals surface area contributed by atoms with E-state index in [1.807, 2.05) is 12.1 Å². The van der Waals surface area contributed by atoms with Crippen molar-refractivity contribution in [2.45, 2.75) is 12.5 Å². The number of amides is 1. The Bertz CT molecular complexity index is 414. The van der Waals surface area contributed by atoms with Crippen LogP contribution in [0.1, 0.15) is 6.42 Å². The van der Waals surface area contributed by atoms with E-state index in [-0.39, 0.29) is 24.4 Å². The van der Waals surface area contributed by atoms with E-state index in [9.17, 15) is 4.79 Å². The van der Waals surface area contributed by atoms with Crippen LogP contribution in [0.3, 0.4) is 0 Å². The molecule has 0 aliphatic carbocycles. The van der Waals surface area contributed by atoms with Crippen LogP contribution in [0, 0.1) is 0 Å². The highest BCUT2D eigenvalue weighted by atomic mass is 35.5. The molecule has 4 nitrogen and oxygen atoms in total. The lowest BCUT2D eigenvalue weighted by Crippen LogP contribution is -2.33. The topological polar surface area (TPSA) is 58.4 Å². The van der Waals surface area contributed by atoms with Gasteiger partial charge in [-0.25, -0.2) is 0 Å². The van der Waals surface area contributed by atoms with Gasteiger partial charge in [0, 0.05) is 19.1 Å². The van der Waals surface area contributed by atoms with Crippen LogP contribution in [0.5, 0.6) is 0 Å². The van der Waals surface area contributed by atoms with Crippen molar-refractivity contribution in [1.29, 1.82) is 0 Å². The molecule has 1 fully saturated rings. The lowest BCUT2D eigenvalue weighted by Gasteiger charge is -2.15. The molecule has 1 saturated heterocycles. The maximum Gasteiger partial charge on any atom is 0.238 e. The Morgan fingerprint density at radius 1 is 1.50 bits per heavy atom. The minimum absolute atomic E-state index is 0. The van der Waals surface area contributed by atoms with Gasteiger partial charge < -0.3 is 11.1 Å². The van der Waals surface area contributed by atoms with Gasteiger partial charge in [0.2, 0.25) is 5.91 Å². The average Bonchev–Trinajstić information content (AvgIpc) is 2.67. The smallest absolute Gasteiger partial charge is 0.238 e. The zero-order valence-electron chi connectivity index (χ0n) is 9.93. The number of rotatable bonds is 3. The van der Waals surface area contributed by atoms with Crippen LogP contribution in [0.4, 0.5) is 5.69 Å². The molecule has 6 heteroatoms. The van der Waals surface area contributed by atoms with Crippen molar-refractivity contribution in [2.24, 2.45) is 5.73 Å². The monoisotopic (exact) mass is 289 g/mol. The van der Waals surface area contributed by atoms with E-state index in [0.717, 1.165) is 19.5 Å². The second kappa shape index (κ2) is 6.95. The third-order valence-corrected chi connectivity index (χ3v) is 3.15. The largest absolute Gasteiger partial charge is 0.326 e. The fourth-order valence-corrected chi connectivity index (χ4v) is 2.14. The quantitative estimate of drug-likeness (QED) is 0.891. The Morgan fingerprint density at radius 3 is 2.83 bits per heavy atom. The van der Waals surface area contributed by atoms with E-state index in [1.54, 1.807) is 12.1 Å². The van der Waals surface area contributed by atoms with Gasteiger partial charge in [-0.1, -0.05) is 23.7 Å². The molecular formula is C12H17Cl2N3O. The highest BCUT2D eigenvalue weighted by Crippen LogP contribution is 2.20. The van der Waals surface area contributed by atoms with E-state index in [1.165, 1.54) is 0 Å². The number of carbonyl (C=O) groups excluding carboxylic acids is 1. The number of hydrogen-bond donors (Lipinski definition) is 2. The lowest BCUT2D eigenvalue weighted by atomic mass is 10.3. The molecule has 1 amide bonds. The van der Waals surface area contributed by atoms with Gasteiger partial charge in [-0.15, -0.1) is 12.4 Å². The summed E-state index contributed by atoms with van der Waals surface area (Å²) in [5.41, 5.74) is 6.44. The van der Waals surface area contributed by atoms with Crippen molar-refractivity contribution in [3.8, 4) is 0 Å². The van der Waals surface area contributed by atoms with Crippen LogP contribution in [-0.4, -0.2) is 36.5 Å². The number of carbonyl (C=O) groups is 1.